The monoisotopic (exact) mass is 676 g/mol. The van der Waals surface area contributed by atoms with E-state index in [0.29, 0.717) is 11.8 Å². The van der Waals surface area contributed by atoms with Gasteiger partial charge < -0.3 is 19.1 Å². The Morgan fingerprint density at radius 2 is 1.13 bits per heavy atom. The van der Waals surface area contributed by atoms with Crippen LogP contribution in [0, 0.1) is 0 Å². The lowest BCUT2D eigenvalue weighted by molar-refractivity contribution is 0.00578. The number of likely N-dealkylation sites (tertiary alicyclic amines) is 2. The summed E-state index contributed by atoms with van der Waals surface area (Å²) < 4.78 is 15.0. The first-order chi connectivity index (χ1) is 22.1. The van der Waals surface area contributed by atoms with Crippen LogP contribution in [0.2, 0.25) is 5.02 Å². The molecule has 0 amide bonds. The fraction of sp³-hybridized carbons (Fsp3) is 0.611. The Hall–Kier alpha value is -1.59. The minimum Gasteiger partial charge on any atom is -0.399 e. The standard InChI is InChI=1S/C21H29BN2O2S.C15H17ClN2S/c1-20(2)21(3,4)26-22(25-20)15-5-8-18-17(13-15)23-19(27-18)14-9-11-24(12-10-14)16-6-7-16;16-11-1-4-14-13(9-11)17-15(19-14)10-5-7-18(8-6-10)12-2-3-12/h5,8,13-14,16H,6-7,9-12H2,1-4H3;1,4,9-10,12H,2-3,5-8H2. The average Bonchev–Trinajstić information content (AvgIpc) is 3.97. The number of hydrogen-bond acceptors (Lipinski definition) is 8. The molecule has 5 heterocycles. The molecular formula is C36H46BClN4O2S2. The summed E-state index contributed by atoms with van der Waals surface area (Å²) >= 11 is 9.75. The molecule has 46 heavy (non-hydrogen) atoms. The fourth-order valence-electron chi connectivity index (χ4n) is 7.26. The van der Waals surface area contributed by atoms with E-state index in [1.807, 2.05) is 34.8 Å². The SMILES string of the molecule is CC1(C)OB(c2ccc3sc(C4CCN(C5CC5)CC4)nc3c2)OC1(C)C.Clc1ccc2sc(C3CCN(C4CC4)CC3)nc2c1. The van der Waals surface area contributed by atoms with E-state index in [1.54, 1.807) is 0 Å². The van der Waals surface area contributed by atoms with Crippen molar-refractivity contribution in [1.82, 2.24) is 19.8 Å². The molecule has 5 fully saturated rings. The lowest BCUT2D eigenvalue weighted by Gasteiger charge is -2.32. The molecule has 2 aliphatic carbocycles. The van der Waals surface area contributed by atoms with Crippen molar-refractivity contribution in [2.24, 2.45) is 0 Å². The van der Waals surface area contributed by atoms with Crippen molar-refractivity contribution >= 4 is 67.3 Å². The van der Waals surface area contributed by atoms with Crippen molar-refractivity contribution in [2.45, 2.75) is 114 Å². The molecule has 0 unspecified atom stereocenters. The Kier molecular flexibility index (Phi) is 8.53. The van der Waals surface area contributed by atoms with Crippen LogP contribution >= 0.6 is 34.3 Å². The molecule has 3 saturated heterocycles. The third-order valence-electron chi connectivity index (χ3n) is 11.2. The Labute approximate surface area is 287 Å². The van der Waals surface area contributed by atoms with Gasteiger partial charge in [-0.1, -0.05) is 17.7 Å². The van der Waals surface area contributed by atoms with Crippen molar-refractivity contribution < 1.29 is 9.31 Å². The van der Waals surface area contributed by atoms with Gasteiger partial charge in [-0.05, 0) is 141 Å². The molecule has 0 radical (unpaired) electrons. The molecule has 2 aromatic carbocycles. The molecule has 0 bridgehead atoms. The maximum absolute atomic E-state index is 6.21. The first-order valence-corrected chi connectivity index (χ1v) is 19.4. The predicted octanol–water partition coefficient (Wildman–Crippen LogP) is 8.23. The van der Waals surface area contributed by atoms with Crippen LogP contribution in [0.15, 0.2) is 36.4 Å². The summed E-state index contributed by atoms with van der Waals surface area (Å²) in [6, 6.07) is 14.3. The molecule has 3 aliphatic heterocycles. The predicted molar refractivity (Wildman–Crippen MR) is 193 cm³/mol. The quantitative estimate of drug-likeness (QED) is 0.199. The summed E-state index contributed by atoms with van der Waals surface area (Å²) in [5, 5.41) is 3.41. The lowest BCUT2D eigenvalue weighted by atomic mass is 9.79. The van der Waals surface area contributed by atoms with E-state index in [-0.39, 0.29) is 18.3 Å². The molecule has 10 heteroatoms. The van der Waals surface area contributed by atoms with E-state index >= 15 is 0 Å². The number of nitrogens with zero attached hydrogens (tertiary/aromatic N) is 4. The van der Waals surface area contributed by atoms with Crippen LogP contribution in [0.3, 0.4) is 0 Å². The number of hydrogen-bond donors (Lipinski definition) is 0. The highest BCUT2D eigenvalue weighted by Crippen LogP contribution is 2.40. The Morgan fingerprint density at radius 3 is 1.61 bits per heavy atom. The van der Waals surface area contributed by atoms with E-state index in [0.717, 1.165) is 33.6 Å². The Balaban J connectivity index is 0.000000144. The van der Waals surface area contributed by atoms with Crippen LogP contribution in [0.4, 0.5) is 0 Å². The van der Waals surface area contributed by atoms with Gasteiger partial charge in [0.15, 0.2) is 0 Å². The van der Waals surface area contributed by atoms with E-state index in [2.05, 4.69) is 61.8 Å². The number of thiazole rings is 2. The molecule has 6 nitrogen and oxygen atoms in total. The van der Waals surface area contributed by atoms with Crippen LogP contribution < -0.4 is 5.46 Å². The molecule has 244 valence electrons. The summed E-state index contributed by atoms with van der Waals surface area (Å²) in [4.78, 5) is 15.2. The van der Waals surface area contributed by atoms with Crippen LogP contribution in [0.5, 0.6) is 0 Å². The average molecular weight is 677 g/mol. The number of benzene rings is 2. The van der Waals surface area contributed by atoms with Gasteiger partial charge in [0.1, 0.15) is 0 Å². The van der Waals surface area contributed by atoms with E-state index in [9.17, 15) is 0 Å². The van der Waals surface area contributed by atoms with Gasteiger partial charge in [-0.25, -0.2) is 9.97 Å². The zero-order valence-corrected chi connectivity index (χ0v) is 30.0. The second-order valence-corrected chi connectivity index (χ2v) is 17.7. The van der Waals surface area contributed by atoms with Gasteiger partial charge in [0.05, 0.1) is 41.7 Å². The van der Waals surface area contributed by atoms with Crippen LogP contribution in [0.1, 0.15) is 101 Å². The highest BCUT2D eigenvalue weighted by atomic mass is 35.5. The summed E-state index contributed by atoms with van der Waals surface area (Å²) in [7, 11) is -0.314. The number of rotatable bonds is 5. The molecule has 5 aliphatic rings. The van der Waals surface area contributed by atoms with Crippen molar-refractivity contribution in [3.63, 3.8) is 0 Å². The molecule has 0 N–H and O–H groups in total. The van der Waals surface area contributed by atoms with Crippen LogP contribution in [-0.4, -0.2) is 76.4 Å². The number of aromatic nitrogens is 2. The molecule has 2 aromatic heterocycles. The van der Waals surface area contributed by atoms with Crippen molar-refractivity contribution in [1.29, 1.82) is 0 Å². The van der Waals surface area contributed by atoms with E-state index < -0.39 is 0 Å². The summed E-state index contributed by atoms with van der Waals surface area (Å²) in [5.74, 6) is 1.28. The second kappa shape index (κ2) is 12.4. The van der Waals surface area contributed by atoms with Gasteiger partial charge in [0, 0.05) is 28.9 Å². The van der Waals surface area contributed by atoms with Crippen molar-refractivity contribution in [3.8, 4) is 0 Å². The zero-order valence-electron chi connectivity index (χ0n) is 27.6. The third kappa shape index (κ3) is 6.55. The Bertz CT molecular complexity index is 1680. The topological polar surface area (TPSA) is 50.7 Å². The van der Waals surface area contributed by atoms with Crippen molar-refractivity contribution in [2.75, 3.05) is 26.2 Å². The maximum atomic E-state index is 6.21. The third-order valence-corrected chi connectivity index (χ3v) is 13.8. The zero-order chi connectivity index (χ0) is 31.6. The second-order valence-electron chi connectivity index (χ2n) is 15.1. The molecule has 9 rings (SSSR count). The summed E-state index contributed by atoms with van der Waals surface area (Å²) in [6.07, 6.45) is 10.7. The molecule has 0 atom stereocenters. The molecule has 4 aromatic rings. The van der Waals surface area contributed by atoms with Gasteiger partial charge in [-0.15, -0.1) is 22.7 Å². The smallest absolute Gasteiger partial charge is 0.399 e. The highest BCUT2D eigenvalue weighted by molar-refractivity contribution is 7.19. The number of fused-ring (bicyclic) bond motifs is 2. The highest BCUT2D eigenvalue weighted by Gasteiger charge is 2.51. The first kappa shape index (κ1) is 31.7. The van der Waals surface area contributed by atoms with Gasteiger partial charge in [-0.2, -0.15) is 0 Å². The van der Waals surface area contributed by atoms with Crippen molar-refractivity contribution in [3.05, 3.63) is 51.4 Å². The molecular weight excluding hydrogens is 631 g/mol. The number of halogens is 1. The number of piperidine rings is 2. The van der Waals surface area contributed by atoms with E-state index in [4.69, 9.17) is 30.9 Å². The largest absolute Gasteiger partial charge is 0.494 e. The summed E-state index contributed by atoms with van der Waals surface area (Å²) in [5.41, 5.74) is 2.61. The van der Waals surface area contributed by atoms with Crippen LogP contribution in [-0.2, 0) is 9.31 Å². The first-order valence-electron chi connectivity index (χ1n) is 17.4. The van der Waals surface area contributed by atoms with Gasteiger partial charge >= 0.3 is 7.12 Å². The van der Waals surface area contributed by atoms with E-state index in [1.165, 1.54) is 97.0 Å². The van der Waals surface area contributed by atoms with Gasteiger partial charge in [0.25, 0.3) is 0 Å². The summed E-state index contributed by atoms with van der Waals surface area (Å²) in [6.45, 7) is 13.4. The van der Waals surface area contributed by atoms with Gasteiger partial charge in [0.2, 0.25) is 0 Å². The maximum Gasteiger partial charge on any atom is 0.494 e. The minimum atomic E-state index is -0.314. The molecule has 2 saturated carbocycles. The van der Waals surface area contributed by atoms with Crippen LogP contribution in [0.25, 0.3) is 20.4 Å². The fourth-order valence-corrected chi connectivity index (χ4v) is 9.66. The lowest BCUT2D eigenvalue weighted by Crippen LogP contribution is -2.41. The molecule has 0 spiro atoms. The normalized spacial score (nSPS) is 24.5. The minimum absolute atomic E-state index is 0.310. The van der Waals surface area contributed by atoms with Gasteiger partial charge in [-0.3, -0.25) is 0 Å². The Morgan fingerprint density at radius 1 is 0.674 bits per heavy atom.